The Morgan fingerprint density at radius 1 is 1.26 bits per heavy atom. The molecule has 1 amide bonds. The van der Waals surface area contributed by atoms with Gasteiger partial charge in [-0.25, -0.2) is 0 Å². The van der Waals surface area contributed by atoms with Crippen molar-refractivity contribution in [3.8, 4) is 17.9 Å². The van der Waals surface area contributed by atoms with Crippen molar-refractivity contribution in [3.05, 3.63) is 61.0 Å². The highest BCUT2D eigenvalue weighted by Gasteiger charge is 2.13. The van der Waals surface area contributed by atoms with Crippen molar-refractivity contribution in [3.63, 3.8) is 0 Å². The molecule has 0 spiro atoms. The molecule has 0 aliphatic heterocycles. The van der Waals surface area contributed by atoms with E-state index in [0.29, 0.717) is 31.0 Å². The first kappa shape index (κ1) is 21.0. The Balaban J connectivity index is 2.27. The molecule has 0 fully saturated rings. The number of halogens is 3. The molecule has 1 N–H and O–H groups in total. The molecular formula is C19H12Br2ClN3O2. The molecule has 0 aromatic heterocycles. The fourth-order valence-corrected chi connectivity index (χ4v) is 3.72. The third kappa shape index (κ3) is 5.58. The van der Waals surface area contributed by atoms with Crippen LogP contribution in [-0.2, 0) is 4.79 Å². The zero-order valence-corrected chi connectivity index (χ0v) is 17.9. The van der Waals surface area contributed by atoms with Crippen molar-refractivity contribution in [2.75, 3.05) is 11.9 Å². The lowest BCUT2D eigenvalue weighted by molar-refractivity contribution is -0.112. The lowest BCUT2D eigenvalue weighted by Crippen LogP contribution is -2.13. The van der Waals surface area contributed by atoms with Crippen LogP contribution in [-0.4, -0.2) is 12.5 Å². The topological polar surface area (TPSA) is 85.9 Å². The number of nitriles is 2. The van der Waals surface area contributed by atoms with Gasteiger partial charge in [-0.15, -0.1) is 0 Å². The number of ether oxygens (including phenoxy) is 1. The molecule has 136 valence electrons. The van der Waals surface area contributed by atoms with Gasteiger partial charge in [0.25, 0.3) is 5.91 Å². The number of rotatable bonds is 5. The lowest BCUT2D eigenvalue weighted by Gasteiger charge is -2.09. The predicted molar refractivity (Wildman–Crippen MR) is 111 cm³/mol. The SMILES string of the molecule is Cc1ccc(NC(=O)/C(C#N)=C\c2cc(Br)c(OCC#N)c(Br)c2)cc1Cl. The third-order valence-corrected chi connectivity index (χ3v) is 4.99. The van der Waals surface area contributed by atoms with Crippen LogP contribution in [0.25, 0.3) is 6.08 Å². The molecule has 0 aliphatic carbocycles. The molecule has 0 saturated heterocycles. The normalized spacial score (nSPS) is 10.7. The summed E-state index contributed by atoms with van der Waals surface area (Å²) in [4.78, 5) is 12.4. The van der Waals surface area contributed by atoms with E-state index >= 15 is 0 Å². The van der Waals surface area contributed by atoms with Gasteiger partial charge in [-0.3, -0.25) is 4.79 Å². The smallest absolute Gasteiger partial charge is 0.266 e. The van der Waals surface area contributed by atoms with Crippen molar-refractivity contribution < 1.29 is 9.53 Å². The average Bonchev–Trinajstić information content (AvgIpc) is 2.62. The van der Waals surface area contributed by atoms with Crippen molar-refractivity contribution in [2.24, 2.45) is 0 Å². The van der Waals surface area contributed by atoms with E-state index in [9.17, 15) is 10.1 Å². The van der Waals surface area contributed by atoms with Gasteiger partial charge in [0.1, 0.15) is 23.5 Å². The number of amides is 1. The van der Waals surface area contributed by atoms with Gasteiger partial charge < -0.3 is 10.1 Å². The summed E-state index contributed by atoms with van der Waals surface area (Å²) in [6.07, 6.45) is 1.45. The molecule has 0 aliphatic rings. The van der Waals surface area contributed by atoms with Crippen molar-refractivity contribution in [2.45, 2.75) is 6.92 Å². The summed E-state index contributed by atoms with van der Waals surface area (Å²) in [5, 5.41) is 21.2. The second-order valence-corrected chi connectivity index (χ2v) is 7.46. The zero-order valence-electron chi connectivity index (χ0n) is 14.0. The van der Waals surface area contributed by atoms with Gasteiger partial charge in [-0.05, 0) is 80.3 Å². The van der Waals surface area contributed by atoms with Crippen LogP contribution in [0, 0.1) is 29.6 Å². The molecule has 0 atom stereocenters. The summed E-state index contributed by atoms with van der Waals surface area (Å²) in [6.45, 7) is 1.76. The van der Waals surface area contributed by atoms with Crippen molar-refractivity contribution in [1.29, 1.82) is 10.5 Å². The Morgan fingerprint density at radius 3 is 2.48 bits per heavy atom. The second-order valence-electron chi connectivity index (χ2n) is 5.35. The van der Waals surface area contributed by atoms with Crippen LogP contribution in [0.2, 0.25) is 5.02 Å². The maximum absolute atomic E-state index is 12.4. The molecule has 8 heteroatoms. The molecule has 27 heavy (non-hydrogen) atoms. The monoisotopic (exact) mass is 507 g/mol. The van der Waals surface area contributed by atoms with E-state index in [2.05, 4.69) is 37.2 Å². The quantitative estimate of drug-likeness (QED) is 0.419. The van der Waals surface area contributed by atoms with Crippen LogP contribution in [0.4, 0.5) is 5.69 Å². The molecule has 0 bridgehead atoms. The number of hydrogen-bond acceptors (Lipinski definition) is 4. The number of aryl methyl sites for hydroxylation is 1. The summed E-state index contributed by atoms with van der Waals surface area (Å²) in [6, 6.07) is 12.3. The maximum atomic E-state index is 12.4. The Labute approximate surface area is 178 Å². The first-order valence-corrected chi connectivity index (χ1v) is 9.50. The first-order valence-electron chi connectivity index (χ1n) is 7.53. The van der Waals surface area contributed by atoms with Gasteiger partial charge in [0.15, 0.2) is 6.61 Å². The number of anilines is 1. The van der Waals surface area contributed by atoms with E-state index in [1.165, 1.54) is 6.08 Å². The molecule has 2 rings (SSSR count). The van der Waals surface area contributed by atoms with Gasteiger partial charge in [0, 0.05) is 10.7 Å². The number of benzene rings is 2. The minimum absolute atomic E-state index is 0.0730. The largest absolute Gasteiger partial charge is 0.476 e. The van der Waals surface area contributed by atoms with Crippen molar-refractivity contribution in [1.82, 2.24) is 0 Å². The van der Waals surface area contributed by atoms with Crippen LogP contribution in [0.3, 0.4) is 0 Å². The Bertz CT molecular complexity index is 984. The highest BCUT2D eigenvalue weighted by Crippen LogP contribution is 2.35. The molecule has 5 nitrogen and oxygen atoms in total. The van der Waals surface area contributed by atoms with E-state index in [-0.39, 0.29) is 12.2 Å². The first-order chi connectivity index (χ1) is 12.8. The number of carbonyl (C=O) groups excluding carboxylic acids is 1. The number of carbonyl (C=O) groups is 1. The van der Waals surface area contributed by atoms with Crippen molar-refractivity contribution >= 4 is 61.1 Å². The van der Waals surface area contributed by atoms with E-state index in [4.69, 9.17) is 21.6 Å². The second kappa shape index (κ2) is 9.57. The molecule has 2 aromatic carbocycles. The van der Waals surface area contributed by atoms with E-state index in [0.717, 1.165) is 5.56 Å². The fourth-order valence-electron chi connectivity index (χ4n) is 2.09. The standard InChI is InChI=1S/C19H12Br2ClN3O2/c1-11-2-3-14(9-17(11)22)25-19(26)13(10-24)6-12-7-15(20)18(16(21)8-12)27-5-4-23/h2-3,6-9H,5H2,1H3,(H,25,26)/b13-6-. The summed E-state index contributed by atoms with van der Waals surface area (Å²) >= 11 is 12.8. The Kier molecular flexibility index (Phi) is 7.44. The van der Waals surface area contributed by atoms with Gasteiger partial charge >= 0.3 is 0 Å². The molecule has 0 heterocycles. The van der Waals surface area contributed by atoms with Gasteiger partial charge in [-0.2, -0.15) is 10.5 Å². The Hall–Kier alpha value is -2.32. The molecular weight excluding hydrogens is 497 g/mol. The van der Waals surface area contributed by atoms with Gasteiger partial charge in [0.2, 0.25) is 0 Å². The Morgan fingerprint density at radius 2 is 1.93 bits per heavy atom. The number of nitrogens with zero attached hydrogens (tertiary/aromatic N) is 2. The average molecular weight is 510 g/mol. The number of hydrogen-bond donors (Lipinski definition) is 1. The fraction of sp³-hybridized carbons (Fsp3) is 0.105. The molecule has 0 saturated carbocycles. The maximum Gasteiger partial charge on any atom is 0.266 e. The van der Waals surface area contributed by atoms with Crippen LogP contribution in [0.1, 0.15) is 11.1 Å². The van der Waals surface area contributed by atoms with E-state index < -0.39 is 5.91 Å². The summed E-state index contributed by atoms with van der Waals surface area (Å²) in [5.74, 6) is -0.0829. The zero-order chi connectivity index (χ0) is 20.0. The summed E-state index contributed by atoms with van der Waals surface area (Å²) in [5.41, 5.74) is 1.92. The highest BCUT2D eigenvalue weighted by atomic mass is 79.9. The molecule has 0 radical (unpaired) electrons. The summed E-state index contributed by atoms with van der Waals surface area (Å²) < 4.78 is 6.49. The van der Waals surface area contributed by atoms with Crippen LogP contribution >= 0.6 is 43.5 Å². The van der Waals surface area contributed by atoms with E-state index in [1.54, 1.807) is 30.3 Å². The molecule has 2 aromatic rings. The lowest BCUT2D eigenvalue weighted by atomic mass is 10.1. The predicted octanol–water partition coefficient (Wildman–Crippen LogP) is 5.62. The van der Waals surface area contributed by atoms with Crippen LogP contribution in [0.5, 0.6) is 5.75 Å². The summed E-state index contributed by atoms with van der Waals surface area (Å²) in [7, 11) is 0. The third-order valence-electron chi connectivity index (χ3n) is 3.41. The molecule has 0 unspecified atom stereocenters. The highest BCUT2D eigenvalue weighted by molar-refractivity contribution is 9.11. The minimum Gasteiger partial charge on any atom is -0.476 e. The minimum atomic E-state index is -0.547. The van der Waals surface area contributed by atoms with Crippen LogP contribution in [0.15, 0.2) is 44.9 Å². The van der Waals surface area contributed by atoms with Gasteiger partial charge in [-0.1, -0.05) is 17.7 Å². The number of nitrogens with one attached hydrogen (secondary N) is 1. The van der Waals surface area contributed by atoms with Crippen LogP contribution < -0.4 is 10.1 Å². The van der Waals surface area contributed by atoms with E-state index in [1.807, 2.05) is 19.1 Å². The van der Waals surface area contributed by atoms with Gasteiger partial charge in [0.05, 0.1) is 8.95 Å².